The number of hydrogen-bond acceptors (Lipinski definition) is 4. The lowest BCUT2D eigenvalue weighted by Gasteiger charge is -2.37. The first-order valence-corrected chi connectivity index (χ1v) is 8.30. The van der Waals surface area contributed by atoms with Crippen LogP contribution in [0, 0.1) is 5.92 Å². The third-order valence-corrected chi connectivity index (χ3v) is 4.63. The summed E-state index contributed by atoms with van der Waals surface area (Å²) in [5.41, 5.74) is 3.48. The number of hydrogen-bond donors (Lipinski definition) is 0. The van der Waals surface area contributed by atoms with Crippen molar-refractivity contribution >= 4 is 29.2 Å². The molecule has 3 amide bonds. The Hall–Kier alpha value is -2.76. The first-order chi connectivity index (χ1) is 11.8. The second kappa shape index (κ2) is 6.27. The molecule has 1 unspecified atom stereocenters. The summed E-state index contributed by atoms with van der Waals surface area (Å²) in [7, 11) is 3.11. The topological polar surface area (TPSA) is 65.3 Å². The molecule has 1 aromatic rings. The molecule has 0 saturated carbocycles. The number of allylic oxidation sites excluding steroid dienone is 1. The molecule has 2 heterocycles. The number of amidine groups is 1. The van der Waals surface area contributed by atoms with E-state index in [0.29, 0.717) is 17.5 Å². The quantitative estimate of drug-likeness (QED) is 0.830. The molecule has 1 saturated heterocycles. The van der Waals surface area contributed by atoms with Gasteiger partial charge in [0.05, 0.1) is 11.4 Å². The SMILES string of the molecule is CC1=CN=C2C(C(=O)N(C)C(=O)N2C)C1=Nc1ccc(C(C)C)cc1. The van der Waals surface area contributed by atoms with E-state index < -0.39 is 5.92 Å². The first kappa shape index (κ1) is 17.1. The van der Waals surface area contributed by atoms with Crippen molar-refractivity contribution in [1.29, 1.82) is 0 Å². The van der Waals surface area contributed by atoms with E-state index in [0.717, 1.165) is 16.2 Å². The summed E-state index contributed by atoms with van der Waals surface area (Å²) in [5, 5.41) is 0. The van der Waals surface area contributed by atoms with Crippen LogP contribution < -0.4 is 0 Å². The van der Waals surface area contributed by atoms with Crippen LogP contribution in [0.3, 0.4) is 0 Å². The summed E-state index contributed by atoms with van der Waals surface area (Å²) in [5.74, 6) is -0.0736. The average Bonchev–Trinajstić information content (AvgIpc) is 2.60. The van der Waals surface area contributed by atoms with Gasteiger partial charge < -0.3 is 0 Å². The Morgan fingerprint density at radius 2 is 1.72 bits per heavy atom. The Kier molecular flexibility index (Phi) is 4.29. The Balaban J connectivity index is 2.03. The van der Waals surface area contributed by atoms with Crippen LogP contribution in [0.15, 0.2) is 46.0 Å². The van der Waals surface area contributed by atoms with E-state index in [1.165, 1.54) is 17.5 Å². The van der Waals surface area contributed by atoms with Gasteiger partial charge in [-0.25, -0.2) is 9.79 Å². The maximum absolute atomic E-state index is 12.7. The molecular formula is C19H22N4O2. The van der Waals surface area contributed by atoms with Crippen molar-refractivity contribution < 1.29 is 9.59 Å². The Bertz CT molecular complexity index is 818. The van der Waals surface area contributed by atoms with Crippen LogP contribution in [0.5, 0.6) is 0 Å². The number of aliphatic imine (C=N–C) groups is 2. The molecule has 0 radical (unpaired) electrons. The summed E-state index contributed by atoms with van der Waals surface area (Å²) < 4.78 is 0. The fourth-order valence-corrected chi connectivity index (χ4v) is 3.00. The third kappa shape index (κ3) is 2.88. The van der Waals surface area contributed by atoms with Gasteiger partial charge in [0.25, 0.3) is 0 Å². The van der Waals surface area contributed by atoms with Gasteiger partial charge in [0.2, 0.25) is 5.91 Å². The van der Waals surface area contributed by atoms with Crippen molar-refractivity contribution in [3.8, 4) is 0 Å². The van der Waals surface area contributed by atoms with E-state index in [-0.39, 0.29) is 11.9 Å². The van der Waals surface area contributed by atoms with Crippen molar-refractivity contribution in [3.63, 3.8) is 0 Å². The molecule has 130 valence electrons. The number of fused-ring (bicyclic) bond motifs is 1. The lowest BCUT2D eigenvalue weighted by Crippen LogP contribution is -2.59. The molecule has 1 aromatic carbocycles. The zero-order valence-electron chi connectivity index (χ0n) is 15.1. The molecular weight excluding hydrogens is 316 g/mol. The van der Waals surface area contributed by atoms with Gasteiger partial charge in [-0.2, -0.15) is 0 Å². The van der Waals surface area contributed by atoms with Crippen LogP contribution in [0.4, 0.5) is 10.5 Å². The van der Waals surface area contributed by atoms with Gasteiger partial charge in [-0.3, -0.25) is 19.6 Å². The Morgan fingerprint density at radius 3 is 2.32 bits per heavy atom. The van der Waals surface area contributed by atoms with Gasteiger partial charge >= 0.3 is 6.03 Å². The fraction of sp³-hybridized carbons (Fsp3) is 0.368. The highest BCUT2D eigenvalue weighted by atomic mass is 16.2. The molecule has 6 nitrogen and oxygen atoms in total. The Morgan fingerprint density at radius 1 is 1.08 bits per heavy atom. The Labute approximate surface area is 147 Å². The number of benzene rings is 1. The largest absolute Gasteiger partial charge is 0.331 e. The summed E-state index contributed by atoms with van der Waals surface area (Å²) in [6.45, 7) is 6.16. The minimum atomic E-state index is -0.650. The van der Waals surface area contributed by atoms with E-state index in [1.807, 2.05) is 31.2 Å². The van der Waals surface area contributed by atoms with Gasteiger partial charge in [0, 0.05) is 20.3 Å². The van der Waals surface area contributed by atoms with Crippen molar-refractivity contribution in [2.75, 3.05) is 14.1 Å². The van der Waals surface area contributed by atoms with Crippen LogP contribution in [0.25, 0.3) is 0 Å². The zero-order chi connectivity index (χ0) is 18.3. The zero-order valence-corrected chi connectivity index (χ0v) is 15.1. The molecule has 1 atom stereocenters. The van der Waals surface area contributed by atoms with Crippen molar-refractivity contribution in [2.24, 2.45) is 15.9 Å². The number of amides is 3. The van der Waals surface area contributed by atoms with Gasteiger partial charge in [-0.05, 0) is 36.1 Å². The van der Waals surface area contributed by atoms with E-state index in [4.69, 9.17) is 4.99 Å². The lowest BCUT2D eigenvalue weighted by molar-refractivity contribution is -0.128. The third-order valence-electron chi connectivity index (χ3n) is 4.63. The van der Waals surface area contributed by atoms with Crippen LogP contribution in [-0.4, -0.2) is 47.4 Å². The maximum Gasteiger partial charge on any atom is 0.331 e. The molecule has 0 bridgehead atoms. The predicted molar refractivity (Wildman–Crippen MR) is 98.2 cm³/mol. The number of carbonyl (C=O) groups excluding carboxylic acids is 2. The molecule has 3 rings (SSSR count). The van der Waals surface area contributed by atoms with Crippen LogP contribution in [0.2, 0.25) is 0 Å². The van der Waals surface area contributed by atoms with E-state index in [1.54, 1.807) is 13.2 Å². The van der Waals surface area contributed by atoms with Crippen molar-refractivity contribution in [1.82, 2.24) is 9.80 Å². The molecule has 2 aliphatic heterocycles. The molecule has 1 fully saturated rings. The van der Waals surface area contributed by atoms with Crippen LogP contribution in [-0.2, 0) is 4.79 Å². The number of imide groups is 1. The number of carbonyl (C=O) groups is 2. The van der Waals surface area contributed by atoms with Gasteiger partial charge in [0.15, 0.2) is 0 Å². The molecule has 0 aliphatic carbocycles. The van der Waals surface area contributed by atoms with Crippen LogP contribution in [0.1, 0.15) is 32.3 Å². The van der Waals surface area contributed by atoms with Crippen molar-refractivity contribution in [2.45, 2.75) is 26.7 Å². The predicted octanol–water partition coefficient (Wildman–Crippen LogP) is 3.34. The normalized spacial score (nSPS) is 22.3. The summed E-state index contributed by atoms with van der Waals surface area (Å²) in [6.07, 6.45) is 1.66. The molecule has 25 heavy (non-hydrogen) atoms. The summed E-state index contributed by atoms with van der Waals surface area (Å²) in [6, 6.07) is 7.62. The number of urea groups is 1. The smallest absolute Gasteiger partial charge is 0.284 e. The highest BCUT2D eigenvalue weighted by molar-refractivity contribution is 6.33. The maximum atomic E-state index is 12.7. The van der Waals surface area contributed by atoms with Crippen molar-refractivity contribution in [3.05, 3.63) is 41.6 Å². The van der Waals surface area contributed by atoms with E-state index in [2.05, 4.69) is 18.8 Å². The summed E-state index contributed by atoms with van der Waals surface area (Å²) >= 11 is 0. The summed E-state index contributed by atoms with van der Waals surface area (Å²) in [4.78, 5) is 36.4. The lowest BCUT2D eigenvalue weighted by atomic mass is 9.91. The molecule has 0 aromatic heterocycles. The second-order valence-corrected chi connectivity index (χ2v) is 6.71. The highest BCUT2D eigenvalue weighted by Gasteiger charge is 2.45. The monoisotopic (exact) mass is 338 g/mol. The first-order valence-electron chi connectivity index (χ1n) is 8.30. The second-order valence-electron chi connectivity index (χ2n) is 6.71. The standard InChI is InChI=1S/C19H22N4O2/c1-11(2)13-6-8-14(9-7-13)21-16-12(3)10-20-17-15(16)18(24)23(5)19(25)22(17)4/h6-11,15H,1-5H3. The minimum Gasteiger partial charge on any atom is -0.284 e. The highest BCUT2D eigenvalue weighted by Crippen LogP contribution is 2.28. The molecule has 6 heteroatoms. The van der Waals surface area contributed by atoms with E-state index in [9.17, 15) is 9.59 Å². The molecule has 0 N–H and O–H groups in total. The average molecular weight is 338 g/mol. The van der Waals surface area contributed by atoms with Gasteiger partial charge in [0.1, 0.15) is 11.8 Å². The minimum absolute atomic E-state index is 0.299. The van der Waals surface area contributed by atoms with Gasteiger partial charge in [-0.1, -0.05) is 26.0 Å². The molecule has 0 spiro atoms. The fourth-order valence-electron chi connectivity index (χ4n) is 3.00. The number of nitrogens with zero attached hydrogens (tertiary/aromatic N) is 4. The van der Waals surface area contributed by atoms with E-state index >= 15 is 0 Å². The number of rotatable bonds is 2. The van der Waals surface area contributed by atoms with Crippen LogP contribution >= 0.6 is 0 Å². The molecule has 2 aliphatic rings. The van der Waals surface area contributed by atoms with Gasteiger partial charge in [-0.15, -0.1) is 0 Å².